The Labute approximate surface area is 128 Å². The molecule has 0 atom stereocenters. The fourth-order valence-electron chi connectivity index (χ4n) is 2.02. The molecule has 0 aliphatic rings. The number of hydrogen-bond acceptors (Lipinski definition) is 2. The number of benzene rings is 1. The van der Waals surface area contributed by atoms with Crippen LogP contribution in [-0.4, -0.2) is 9.97 Å². The van der Waals surface area contributed by atoms with Crippen molar-refractivity contribution in [2.45, 2.75) is 40.0 Å². The standard InChI is InChI=1S/C16H18F2N2S/c1-8-6-7-10(17)11(12(8)18)13-9(2)14(21)20-15(19-13)16(3,4)5/h6-7H,1-5H3,(H,19,20,21). The van der Waals surface area contributed by atoms with Crippen molar-refractivity contribution >= 4 is 12.2 Å². The smallest absolute Gasteiger partial charge is 0.138 e. The summed E-state index contributed by atoms with van der Waals surface area (Å²) in [4.78, 5) is 7.39. The van der Waals surface area contributed by atoms with E-state index in [1.165, 1.54) is 12.1 Å². The zero-order chi connectivity index (χ0) is 15.9. The molecule has 0 spiro atoms. The fraction of sp³-hybridized carbons (Fsp3) is 0.375. The highest BCUT2D eigenvalue weighted by molar-refractivity contribution is 7.71. The van der Waals surface area contributed by atoms with E-state index in [4.69, 9.17) is 12.2 Å². The van der Waals surface area contributed by atoms with E-state index in [0.717, 1.165) is 0 Å². The Morgan fingerprint density at radius 2 is 1.76 bits per heavy atom. The van der Waals surface area contributed by atoms with Gasteiger partial charge in [0.25, 0.3) is 0 Å². The van der Waals surface area contributed by atoms with Crippen molar-refractivity contribution in [3.8, 4) is 11.3 Å². The van der Waals surface area contributed by atoms with Gasteiger partial charge in [-0.15, -0.1) is 0 Å². The Bertz CT molecular complexity index is 758. The van der Waals surface area contributed by atoms with Gasteiger partial charge in [-0.1, -0.05) is 39.1 Å². The largest absolute Gasteiger partial charge is 0.342 e. The molecular formula is C16H18F2N2S. The van der Waals surface area contributed by atoms with Crippen LogP contribution in [0.5, 0.6) is 0 Å². The first-order chi connectivity index (χ1) is 9.62. The van der Waals surface area contributed by atoms with Crippen LogP contribution in [0.15, 0.2) is 12.1 Å². The number of nitrogens with zero attached hydrogens (tertiary/aromatic N) is 1. The van der Waals surface area contributed by atoms with Gasteiger partial charge in [-0.2, -0.15) is 0 Å². The zero-order valence-corrected chi connectivity index (χ0v) is 13.6. The third-order valence-electron chi connectivity index (χ3n) is 3.40. The highest BCUT2D eigenvalue weighted by Crippen LogP contribution is 2.31. The highest BCUT2D eigenvalue weighted by atomic mass is 32.1. The van der Waals surface area contributed by atoms with Crippen LogP contribution in [0, 0.1) is 30.1 Å². The summed E-state index contributed by atoms with van der Waals surface area (Å²) in [6, 6.07) is 2.69. The molecule has 0 aliphatic heterocycles. The molecule has 21 heavy (non-hydrogen) atoms. The summed E-state index contributed by atoms with van der Waals surface area (Å²) < 4.78 is 28.9. The van der Waals surface area contributed by atoms with Gasteiger partial charge in [0.1, 0.15) is 22.1 Å². The van der Waals surface area contributed by atoms with E-state index in [1.807, 2.05) is 20.8 Å². The summed E-state index contributed by atoms with van der Waals surface area (Å²) in [5.74, 6) is -0.582. The maximum atomic E-state index is 14.4. The van der Waals surface area contributed by atoms with Gasteiger partial charge in [0.2, 0.25) is 0 Å². The van der Waals surface area contributed by atoms with E-state index in [1.54, 1.807) is 13.8 Å². The van der Waals surface area contributed by atoms with Gasteiger partial charge < -0.3 is 4.98 Å². The first-order valence-corrected chi connectivity index (χ1v) is 7.10. The summed E-state index contributed by atoms with van der Waals surface area (Å²) in [7, 11) is 0. The number of rotatable bonds is 1. The van der Waals surface area contributed by atoms with Crippen LogP contribution in [0.3, 0.4) is 0 Å². The predicted molar refractivity (Wildman–Crippen MR) is 82.9 cm³/mol. The number of aryl methyl sites for hydroxylation is 1. The monoisotopic (exact) mass is 308 g/mol. The summed E-state index contributed by atoms with van der Waals surface area (Å²) in [6.07, 6.45) is 0. The molecule has 0 saturated carbocycles. The molecule has 1 aromatic heterocycles. The van der Waals surface area contributed by atoms with Crippen LogP contribution in [0.25, 0.3) is 11.3 Å². The molecule has 1 aromatic carbocycles. The van der Waals surface area contributed by atoms with Gasteiger partial charge in [-0.05, 0) is 25.5 Å². The van der Waals surface area contributed by atoms with Crippen LogP contribution in [0.4, 0.5) is 8.78 Å². The number of halogens is 2. The Morgan fingerprint density at radius 3 is 2.33 bits per heavy atom. The molecule has 0 amide bonds. The first kappa shape index (κ1) is 15.8. The Hall–Kier alpha value is -1.62. The minimum absolute atomic E-state index is 0.0773. The highest BCUT2D eigenvalue weighted by Gasteiger charge is 2.22. The third-order valence-corrected chi connectivity index (χ3v) is 3.79. The lowest BCUT2D eigenvalue weighted by molar-refractivity contribution is 0.542. The van der Waals surface area contributed by atoms with Crippen molar-refractivity contribution in [2.24, 2.45) is 0 Å². The Kier molecular flexibility index (Phi) is 3.97. The summed E-state index contributed by atoms with van der Waals surface area (Å²) in [6.45, 7) is 9.21. The maximum absolute atomic E-state index is 14.4. The van der Waals surface area contributed by atoms with E-state index < -0.39 is 11.6 Å². The molecule has 112 valence electrons. The number of hydrogen-bond donors (Lipinski definition) is 1. The molecule has 5 heteroatoms. The Balaban J connectivity index is 2.85. The van der Waals surface area contributed by atoms with Crippen LogP contribution < -0.4 is 0 Å². The molecule has 0 unspecified atom stereocenters. The van der Waals surface area contributed by atoms with Gasteiger partial charge in [-0.3, -0.25) is 0 Å². The average Bonchev–Trinajstić information content (AvgIpc) is 2.38. The zero-order valence-electron chi connectivity index (χ0n) is 12.8. The molecule has 0 aliphatic carbocycles. The number of aromatic amines is 1. The lowest BCUT2D eigenvalue weighted by atomic mass is 9.94. The van der Waals surface area contributed by atoms with E-state index in [2.05, 4.69) is 9.97 Å². The van der Waals surface area contributed by atoms with Gasteiger partial charge >= 0.3 is 0 Å². The quantitative estimate of drug-likeness (QED) is 0.751. The van der Waals surface area contributed by atoms with Gasteiger partial charge in [0, 0.05) is 11.0 Å². The van der Waals surface area contributed by atoms with Crippen molar-refractivity contribution in [1.82, 2.24) is 9.97 Å². The second kappa shape index (κ2) is 5.30. The molecule has 0 radical (unpaired) electrons. The van der Waals surface area contributed by atoms with Crippen molar-refractivity contribution in [2.75, 3.05) is 0 Å². The SMILES string of the molecule is Cc1ccc(F)c(-c2[nH]c(C(C)(C)C)nc(=S)c2C)c1F. The number of aromatic nitrogens is 2. The second-order valence-electron chi connectivity index (χ2n) is 6.19. The van der Waals surface area contributed by atoms with Crippen LogP contribution in [0.2, 0.25) is 0 Å². The molecule has 0 bridgehead atoms. The lowest BCUT2D eigenvalue weighted by Crippen LogP contribution is -2.17. The van der Waals surface area contributed by atoms with Crippen molar-refractivity contribution in [3.63, 3.8) is 0 Å². The van der Waals surface area contributed by atoms with Gasteiger partial charge in [0.15, 0.2) is 0 Å². The van der Waals surface area contributed by atoms with Gasteiger partial charge in [-0.25, -0.2) is 13.8 Å². The Morgan fingerprint density at radius 1 is 1.14 bits per heavy atom. The molecule has 2 aromatic rings. The molecule has 2 rings (SSSR count). The van der Waals surface area contributed by atoms with E-state index >= 15 is 0 Å². The molecule has 2 nitrogen and oxygen atoms in total. The molecule has 1 heterocycles. The predicted octanol–water partition coefficient (Wildman–Crippen LogP) is 5.00. The minimum Gasteiger partial charge on any atom is -0.342 e. The van der Waals surface area contributed by atoms with Crippen molar-refractivity contribution < 1.29 is 8.78 Å². The number of H-pyrrole nitrogens is 1. The molecule has 1 N–H and O–H groups in total. The van der Waals surface area contributed by atoms with Crippen LogP contribution in [0.1, 0.15) is 37.7 Å². The van der Waals surface area contributed by atoms with E-state index in [9.17, 15) is 8.78 Å². The average molecular weight is 308 g/mol. The summed E-state index contributed by atoms with van der Waals surface area (Å²) in [5, 5.41) is 0. The minimum atomic E-state index is -0.613. The van der Waals surface area contributed by atoms with Crippen molar-refractivity contribution in [1.29, 1.82) is 0 Å². The van der Waals surface area contributed by atoms with Crippen LogP contribution >= 0.6 is 12.2 Å². The summed E-state index contributed by atoms with van der Waals surface area (Å²) >= 11 is 5.24. The number of nitrogens with one attached hydrogen (secondary N) is 1. The third kappa shape index (κ3) is 2.88. The van der Waals surface area contributed by atoms with Gasteiger partial charge in [0.05, 0.1) is 11.3 Å². The first-order valence-electron chi connectivity index (χ1n) is 6.69. The topological polar surface area (TPSA) is 28.7 Å². The molecule has 0 saturated heterocycles. The summed E-state index contributed by atoms with van der Waals surface area (Å²) in [5.41, 5.74) is 0.943. The fourth-order valence-corrected chi connectivity index (χ4v) is 2.22. The normalized spacial score (nSPS) is 11.8. The van der Waals surface area contributed by atoms with Crippen LogP contribution in [-0.2, 0) is 5.41 Å². The van der Waals surface area contributed by atoms with Crippen molar-refractivity contribution in [3.05, 3.63) is 45.4 Å². The molecule has 0 fully saturated rings. The lowest BCUT2D eigenvalue weighted by Gasteiger charge is -2.20. The van der Waals surface area contributed by atoms with E-state index in [0.29, 0.717) is 27.3 Å². The van der Waals surface area contributed by atoms with E-state index in [-0.39, 0.29) is 11.0 Å². The molecular weight excluding hydrogens is 290 g/mol. The second-order valence-corrected chi connectivity index (χ2v) is 6.58. The maximum Gasteiger partial charge on any atom is 0.138 e.